The Balaban J connectivity index is 2.23. The van der Waals surface area contributed by atoms with Gasteiger partial charge in [0.1, 0.15) is 11.9 Å². The second-order valence-electron chi connectivity index (χ2n) is 5.84. The maximum Gasteiger partial charge on any atom is 0.132 e. The van der Waals surface area contributed by atoms with E-state index in [9.17, 15) is 5.11 Å². The Kier molecular flexibility index (Phi) is 3.11. The van der Waals surface area contributed by atoms with Gasteiger partial charge in [0.25, 0.3) is 0 Å². The minimum absolute atomic E-state index is 0.198. The van der Waals surface area contributed by atoms with E-state index < -0.39 is 6.10 Å². The molecule has 1 aliphatic carbocycles. The summed E-state index contributed by atoms with van der Waals surface area (Å²) in [4.78, 5) is 0. The van der Waals surface area contributed by atoms with Crippen LogP contribution < -0.4 is 0 Å². The quantitative estimate of drug-likeness (QED) is 0.826. The standard InChI is InChI=1S/C14H22O2/c1-10-6-4-8-14(2,3)12(10)13(15)11-7-5-9-16-11/h5,7,9-10,12-13,15H,4,6,8H2,1-3H3/t10-,12+,13?/m0/s1. The van der Waals surface area contributed by atoms with Crippen LogP contribution in [0.15, 0.2) is 22.8 Å². The third-order valence-electron chi connectivity index (χ3n) is 4.17. The molecule has 1 heterocycles. The zero-order valence-electron chi connectivity index (χ0n) is 10.4. The molecule has 1 aromatic heterocycles. The van der Waals surface area contributed by atoms with Crippen molar-refractivity contribution in [3.63, 3.8) is 0 Å². The van der Waals surface area contributed by atoms with Crippen LogP contribution in [0.3, 0.4) is 0 Å². The first-order valence-electron chi connectivity index (χ1n) is 6.24. The second kappa shape index (κ2) is 4.25. The van der Waals surface area contributed by atoms with Crippen molar-refractivity contribution in [2.45, 2.75) is 46.1 Å². The smallest absolute Gasteiger partial charge is 0.132 e. The van der Waals surface area contributed by atoms with Gasteiger partial charge >= 0.3 is 0 Å². The van der Waals surface area contributed by atoms with Crippen LogP contribution in [0.4, 0.5) is 0 Å². The predicted molar refractivity (Wildman–Crippen MR) is 64.0 cm³/mol. The number of aliphatic hydroxyl groups excluding tert-OH is 1. The molecular formula is C14H22O2. The molecule has 2 heteroatoms. The molecule has 3 atom stereocenters. The van der Waals surface area contributed by atoms with Gasteiger partial charge in [-0.25, -0.2) is 0 Å². The number of furan rings is 1. The van der Waals surface area contributed by atoms with Gasteiger partial charge in [0.05, 0.1) is 6.26 Å². The highest BCUT2D eigenvalue weighted by atomic mass is 16.4. The third kappa shape index (κ3) is 2.03. The van der Waals surface area contributed by atoms with Crippen LogP contribution in [-0.4, -0.2) is 5.11 Å². The molecule has 1 saturated carbocycles. The number of aliphatic hydroxyl groups is 1. The molecule has 0 saturated heterocycles. The molecule has 0 radical (unpaired) electrons. The summed E-state index contributed by atoms with van der Waals surface area (Å²) in [6.07, 6.45) is 4.86. The first-order chi connectivity index (χ1) is 7.52. The van der Waals surface area contributed by atoms with E-state index in [0.717, 1.165) is 0 Å². The number of hydrogen-bond donors (Lipinski definition) is 1. The van der Waals surface area contributed by atoms with Gasteiger partial charge in [0.15, 0.2) is 0 Å². The fourth-order valence-corrected chi connectivity index (χ4v) is 3.37. The Morgan fingerprint density at radius 1 is 1.50 bits per heavy atom. The summed E-state index contributed by atoms with van der Waals surface area (Å²) in [5, 5.41) is 10.4. The summed E-state index contributed by atoms with van der Waals surface area (Å²) in [6.45, 7) is 6.77. The minimum Gasteiger partial charge on any atom is -0.467 e. The molecule has 0 amide bonds. The van der Waals surface area contributed by atoms with E-state index in [-0.39, 0.29) is 5.41 Å². The first kappa shape index (κ1) is 11.7. The van der Waals surface area contributed by atoms with Gasteiger partial charge in [-0.15, -0.1) is 0 Å². The molecule has 90 valence electrons. The Morgan fingerprint density at radius 3 is 2.81 bits per heavy atom. The molecular weight excluding hydrogens is 200 g/mol. The Bertz CT molecular complexity index is 327. The van der Waals surface area contributed by atoms with E-state index >= 15 is 0 Å². The monoisotopic (exact) mass is 222 g/mol. The van der Waals surface area contributed by atoms with Crippen molar-refractivity contribution in [2.24, 2.45) is 17.3 Å². The maximum atomic E-state index is 10.4. The van der Waals surface area contributed by atoms with Crippen LogP contribution in [-0.2, 0) is 0 Å². The summed E-state index contributed by atoms with van der Waals surface area (Å²) in [7, 11) is 0. The van der Waals surface area contributed by atoms with Crippen LogP contribution >= 0.6 is 0 Å². The molecule has 1 unspecified atom stereocenters. The van der Waals surface area contributed by atoms with E-state index in [2.05, 4.69) is 20.8 Å². The van der Waals surface area contributed by atoms with Gasteiger partial charge in [-0.2, -0.15) is 0 Å². The topological polar surface area (TPSA) is 33.4 Å². The van der Waals surface area contributed by atoms with Crippen LogP contribution in [0, 0.1) is 17.3 Å². The summed E-state index contributed by atoms with van der Waals surface area (Å²) in [5.74, 6) is 1.57. The van der Waals surface area contributed by atoms with Crippen LogP contribution in [0.2, 0.25) is 0 Å². The summed E-state index contributed by atoms with van der Waals surface area (Å²) in [5.41, 5.74) is 0.198. The fourth-order valence-electron chi connectivity index (χ4n) is 3.37. The van der Waals surface area contributed by atoms with E-state index in [1.165, 1.54) is 19.3 Å². The summed E-state index contributed by atoms with van der Waals surface area (Å²) in [6, 6.07) is 3.72. The zero-order valence-corrected chi connectivity index (χ0v) is 10.4. The average molecular weight is 222 g/mol. The highest BCUT2D eigenvalue weighted by Gasteiger charge is 2.42. The van der Waals surface area contributed by atoms with Crippen molar-refractivity contribution in [3.8, 4) is 0 Å². The van der Waals surface area contributed by atoms with Crippen LogP contribution in [0.1, 0.15) is 51.9 Å². The molecule has 1 fully saturated rings. The lowest BCUT2D eigenvalue weighted by molar-refractivity contribution is -0.0390. The lowest BCUT2D eigenvalue weighted by atomic mass is 9.62. The van der Waals surface area contributed by atoms with E-state index in [4.69, 9.17) is 4.42 Å². The van der Waals surface area contributed by atoms with Crippen molar-refractivity contribution in [3.05, 3.63) is 24.2 Å². The van der Waals surface area contributed by atoms with Gasteiger partial charge in [-0.3, -0.25) is 0 Å². The van der Waals surface area contributed by atoms with Gasteiger partial charge in [0, 0.05) is 0 Å². The number of hydrogen-bond acceptors (Lipinski definition) is 2. The van der Waals surface area contributed by atoms with Gasteiger partial charge in [0.2, 0.25) is 0 Å². The molecule has 16 heavy (non-hydrogen) atoms. The Hall–Kier alpha value is -0.760. The van der Waals surface area contributed by atoms with Crippen molar-refractivity contribution in [1.29, 1.82) is 0 Å². The SMILES string of the molecule is C[C@H]1CCCC(C)(C)[C@H]1C(O)c1ccco1. The van der Waals surface area contributed by atoms with Crippen LogP contribution in [0.25, 0.3) is 0 Å². The molecule has 2 rings (SSSR count). The lowest BCUT2D eigenvalue weighted by Gasteiger charge is -2.44. The van der Waals surface area contributed by atoms with E-state index in [0.29, 0.717) is 17.6 Å². The van der Waals surface area contributed by atoms with Crippen LogP contribution in [0.5, 0.6) is 0 Å². The second-order valence-corrected chi connectivity index (χ2v) is 5.84. The molecule has 0 aromatic carbocycles. The predicted octanol–water partition coefficient (Wildman–Crippen LogP) is 3.78. The maximum absolute atomic E-state index is 10.4. The van der Waals surface area contributed by atoms with Crippen molar-refractivity contribution in [2.75, 3.05) is 0 Å². The normalized spacial score (nSPS) is 31.2. The third-order valence-corrected chi connectivity index (χ3v) is 4.17. The Labute approximate surface area is 97.7 Å². The average Bonchev–Trinajstić information content (AvgIpc) is 2.68. The lowest BCUT2D eigenvalue weighted by Crippen LogP contribution is -2.37. The molecule has 0 bridgehead atoms. The Morgan fingerprint density at radius 2 is 2.25 bits per heavy atom. The molecule has 1 aliphatic rings. The summed E-state index contributed by atoms with van der Waals surface area (Å²) >= 11 is 0. The first-order valence-corrected chi connectivity index (χ1v) is 6.24. The van der Waals surface area contributed by atoms with Gasteiger partial charge in [-0.05, 0) is 35.8 Å². The van der Waals surface area contributed by atoms with Crippen molar-refractivity contribution >= 4 is 0 Å². The fraction of sp³-hybridized carbons (Fsp3) is 0.714. The minimum atomic E-state index is -0.458. The van der Waals surface area contributed by atoms with Crippen molar-refractivity contribution in [1.82, 2.24) is 0 Å². The molecule has 0 aliphatic heterocycles. The van der Waals surface area contributed by atoms with E-state index in [1.807, 2.05) is 12.1 Å². The summed E-state index contributed by atoms with van der Waals surface area (Å²) < 4.78 is 5.34. The largest absolute Gasteiger partial charge is 0.467 e. The highest BCUT2D eigenvalue weighted by molar-refractivity contribution is 5.06. The molecule has 1 N–H and O–H groups in total. The highest BCUT2D eigenvalue weighted by Crippen LogP contribution is 2.49. The molecule has 1 aromatic rings. The van der Waals surface area contributed by atoms with E-state index in [1.54, 1.807) is 6.26 Å². The molecule has 0 spiro atoms. The van der Waals surface area contributed by atoms with Crippen molar-refractivity contribution < 1.29 is 9.52 Å². The molecule has 2 nitrogen and oxygen atoms in total. The zero-order chi connectivity index (χ0) is 11.8. The van der Waals surface area contributed by atoms with Gasteiger partial charge < -0.3 is 9.52 Å². The number of rotatable bonds is 2. The van der Waals surface area contributed by atoms with Gasteiger partial charge in [-0.1, -0.05) is 33.6 Å².